The number of hydrogen-bond donors (Lipinski definition) is 5. The number of carboxylic acids is 1. The number of rotatable bonds is 5. The van der Waals surface area contributed by atoms with E-state index in [0.29, 0.717) is 26.2 Å². The Labute approximate surface area is 357 Å². The number of aromatic hydroxyl groups is 2. The number of pyridine rings is 2. The third kappa shape index (κ3) is 15.6. The van der Waals surface area contributed by atoms with Crippen LogP contribution in [-0.2, 0) is 41.1 Å². The van der Waals surface area contributed by atoms with E-state index in [2.05, 4.69) is 92.5 Å². The van der Waals surface area contributed by atoms with Crippen LogP contribution in [0.15, 0.2) is 109 Å². The summed E-state index contributed by atoms with van der Waals surface area (Å²) in [6.07, 6.45) is 3.37. The minimum atomic E-state index is -0.911. The number of nitrogens with zero attached hydrogens (tertiary/aromatic N) is 2. The average Bonchev–Trinajstić information content (AvgIpc) is 3.14. The van der Waals surface area contributed by atoms with Crippen molar-refractivity contribution in [2.45, 2.75) is 13.1 Å². The van der Waals surface area contributed by atoms with Gasteiger partial charge in [-0.2, -0.15) is 0 Å². The van der Waals surface area contributed by atoms with Gasteiger partial charge in [-0.1, -0.05) is 36.4 Å². The van der Waals surface area contributed by atoms with Gasteiger partial charge in [-0.05, 0) is 60.7 Å². The van der Waals surface area contributed by atoms with Gasteiger partial charge in [0.25, 0.3) is 5.91 Å². The molecule has 0 bridgehead atoms. The first kappa shape index (κ1) is 47.2. The van der Waals surface area contributed by atoms with Gasteiger partial charge in [0.05, 0.1) is 16.6 Å². The number of amides is 1. The molecule has 0 saturated heterocycles. The Hall–Kier alpha value is -1.85. The minimum Gasteiger partial charge on any atom is 0 e. The Kier molecular flexibility index (Phi) is 24.1. The van der Waals surface area contributed by atoms with Crippen LogP contribution in [0.5, 0.6) is 11.5 Å². The molecule has 0 aliphatic heterocycles. The number of hydrogen-bond acceptors (Lipinski definition) is 7. The molecule has 0 unspecified atom stereocenters. The number of phenols is 2. The maximum atomic E-state index is 13.7. The monoisotopic (exact) mass is 1220 g/mol. The Morgan fingerprint density at radius 2 is 1.18 bits per heavy atom. The van der Waals surface area contributed by atoms with Gasteiger partial charge in [0.1, 0.15) is 0 Å². The second-order valence-corrected chi connectivity index (χ2v) is 21.4. The average molecular weight is 1220 g/mol. The van der Waals surface area contributed by atoms with Crippen molar-refractivity contribution >= 4 is 111 Å². The third-order valence-corrected chi connectivity index (χ3v) is 6.49. The van der Waals surface area contributed by atoms with Gasteiger partial charge in [0.2, 0.25) is 0 Å². The number of nitrogens with one attached hydrogen (secondary N) is 1. The smallest absolute Gasteiger partial charge is 0 e. The second-order valence-electron chi connectivity index (χ2n) is 9.58. The molecular formula is C34H28F2I4N4O5V2. The van der Waals surface area contributed by atoms with E-state index in [4.69, 9.17) is 15.9 Å². The molecule has 1 amide bonds. The van der Waals surface area contributed by atoms with E-state index in [1.165, 1.54) is 30.3 Å². The third-order valence-electron chi connectivity index (χ3n) is 6.49. The van der Waals surface area contributed by atoms with E-state index in [9.17, 15) is 23.5 Å². The van der Waals surface area contributed by atoms with E-state index < -0.39 is 23.4 Å². The number of carbonyl (C=O) groups is 2. The predicted octanol–water partition coefficient (Wildman–Crippen LogP) is 9.47. The molecule has 0 saturated carbocycles. The molecule has 0 aliphatic carbocycles. The van der Waals surface area contributed by atoms with Crippen LogP contribution < -0.4 is 11.1 Å². The Bertz CT molecular complexity index is 2020. The number of halogens is 6. The zero-order valence-electron chi connectivity index (χ0n) is 26.1. The summed E-state index contributed by atoms with van der Waals surface area (Å²) in [5, 5.41) is 31.2. The van der Waals surface area contributed by atoms with Crippen molar-refractivity contribution in [2.75, 3.05) is 0 Å². The molecule has 2 aromatic heterocycles. The predicted molar refractivity (Wildman–Crippen MR) is 222 cm³/mol. The van der Waals surface area contributed by atoms with Gasteiger partial charge >= 0.3 is 55.4 Å². The zero-order valence-corrected chi connectivity index (χ0v) is 37.5. The summed E-state index contributed by atoms with van der Waals surface area (Å²) in [7, 11) is 0.628. The Balaban J connectivity index is 0.000000383. The van der Waals surface area contributed by atoms with Crippen LogP contribution in [0.3, 0.4) is 0 Å². The molecule has 2 heterocycles. The minimum absolute atomic E-state index is 0. The van der Waals surface area contributed by atoms with E-state index in [1.54, 1.807) is 67.0 Å². The maximum absolute atomic E-state index is 13.7. The molecule has 17 heteroatoms. The molecule has 9 nitrogen and oxygen atoms in total. The summed E-state index contributed by atoms with van der Waals surface area (Å²) >= 11 is 8.98. The molecule has 0 atom stereocenters. The summed E-state index contributed by atoms with van der Waals surface area (Å²) in [6.45, 7) is 0.115. The van der Waals surface area contributed by atoms with E-state index >= 15 is 0 Å². The summed E-state index contributed by atoms with van der Waals surface area (Å²) in [5.74, 6) is -3.33. The van der Waals surface area contributed by atoms with Crippen LogP contribution >= 0.6 is 77.2 Å². The number of phenolic OH excluding ortho intramolecular Hbond substituents is 2. The number of nitrogens with two attached hydrogens (primary N) is 1. The second kappa shape index (κ2) is 26.0. The van der Waals surface area contributed by atoms with Crippen LogP contribution in [0.2, 0.25) is 0 Å². The summed E-state index contributed by atoms with van der Waals surface area (Å²) in [4.78, 5) is 31.0. The van der Waals surface area contributed by atoms with Gasteiger partial charge in [-0.25, -0.2) is 13.6 Å². The van der Waals surface area contributed by atoms with Crippen LogP contribution in [0.4, 0.5) is 8.78 Å². The first-order valence-corrected chi connectivity index (χ1v) is 29.3. The van der Waals surface area contributed by atoms with Crippen molar-refractivity contribution in [1.29, 1.82) is 0 Å². The Morgan fingerprint density at radius 3 is 1.65 bits per heavy atom. The van der Waals surface area contributed by atoms with Gasteiger partial charge in [0, 0.05) is 109 Å². The van der Waals surface area contributed by atoms with Crippen molar-refractivity contribution in [3.8, 4) is 11.5 Å². The number of aromatic nitrogens is 2. The molecule has 4 aromatic carbocycles. The molecule has 6 N–H and O–H groups in total. The van der Waals surface area contributed by atoms with E-state index in [0.717, 1.165) is 21.8 Å². The quantitative estimate of drug-likeness (QED) is 0.107. The molecule has 0 spiro atoms. The van der Waals surface area contributed by atoms with Gasteiger partial charge in [-0.15, -0.1) is 0 Å². The van der Waals surface area contributed by atoms with Crippen molar-refractivity contribution < 1.29 is 61.7 Å². The number of fused-ring (bicyclic) bond motifs is 2. The SMILES string of the molecule is II.NCc1cccc(O)c1F.O=C(NCc1cccc(O)c1F)c1ccc2ncccc2c1.O=C(O)c1ccc2ncccc2c1.[I][V][I].[V]. The standard InChI is InChI=1S/C17H13FN2O2.C10H7NO2.C7H8FNO.I2.2HI.2V/c18-16-13(3-1-5-15(16)21)10-20-17(22)12-6-7-14-11(9-12)4-2-8-19-14;12-10(13)8-3-4-9-7(6-8)2-1-5-11-9;8-7-5(4-9)2-1-3-6(7)10;1-2;;;;/h1-9,21H,10H2,(H,20,22);1-6H,(H,12,13);1-3,10H,4,9H2;;2*1H;;/q;;;;;;;+2/p-2. The molecule has 1 radical (unpaired) electrons. The van der Waals surface area contributed by atoms with Gasteiger partial charge in [0.15, 0.2) is 23.1 Å². The van der Waals surface area contributed by atoms with Gasteiger partial charge in [-0.3, -0.25) is 14.8 Å². The molecule has 0 aliphatic rings. The maximum Gasteiger partial charge on any atom is 0 e. The normalized spacial score (nSPS) is 9.47. The number of benzene rings is 4. The fraction of sp³-hybridized carbons (Fsp3) is 0.0588. The number of aromatic carboxylic acids is 1. The first-order chi connectivity index (χ1) is 24.1. The van der Waals surface area contributed by atoms with Crippen LogP contribution in [0, 0.1) is 11.6 Å². The van der Waals surface area contributed by atoms with Gasteiger partial charge < -0.3 is 26.4 Å². The van der Waals surface area contributed by atoms with Crippen molar-refractivity contribution in [3.05, 3.63) is 143 Å². The topological polar surface area (TPSA) is 159 Å². The largest absolute Gasteiger partial charge is 0 e. The molecule has 266 valence electrons. The number of carboxylic acid groups (broad SMARTS) is 1. The van der Waals surface area contributed by atoms with Crippen molar-refractivity contribution in [3.63, 3.8) is 0 Å². The van der Waals surface area contributed by atoms with Crippen LogP contribution in [0.25, 0.3) is 21.8 Å². The van der Waals surface area contributed by atoms with Crippen LogP contribution in [0.1, 0.15) is 31.8 Å². The molecule has 0 fully saturated rings. The number of carbonyl (C=O) groups excluding carboxylic acids is 1. The van der Waals surface area contributed by atoms with Crippen molar-refractivity contribution in [1.82, 2.24) is 15.3 Å². The fourth-order valence-corrected chi connectivity index (χ4v) is 4.13. The van der Waals surface area contributed by atoms with Crippen molar-refractivity contribution in [2.24, 2.45) is 5.73 Å². The first-order valence-electron chi connectivity index (χ1n) is 14.0. The molecule has 6 aromatic rings. The molecular weight excluding hydrogens is 1190 g/mol. The summed E-state index contributed by atoms with van der Waals surface area (Å²) in [6, 6.07) is 26.0. The molecule has 6 rings (SSSR count). The summed E-state index contributed by atoms with van der Waals surface area (Å²) in [5.41, 5.74) is 8.12. The summed E-state index contributed by atoms with van der Waals surface area (Å²) < 4.78 is 26.3. The fourth-order valence-electron chi connectivity index (χ4n) is 4.13. The molecule has 51 heavy (non-hydrogen) atoms. The van der Waals surface area contributed by atoms with Crippen LogP contribution in [-0.4, -0.2) is 37.2 Å². The Morgan fingerprint density at radius 1 is 0.725 bits per heavy atom. The van der Waals surface area contributed by atoms with E-state index in [1.807, 2.05) is 12.1 Å². The van der Waals surface area contributed by atoms with E-state index in [-0.39, 0.29) is 48.9 Å². The zero-order chi connectivity index (χ0) is 37.1.